The topological polar surface area (TPSA) is 70.5 Å². The predicted molar refractivity (Wildman–Crippen MR) is 93.6 cm³/mol. The number of aliphatic carboxylic acids is 1. The van der Waals surface area contributed by atoms with Gasteiger partial charge >= 0.3 is 5.97 Å². The van der Waals surface area contributed by atoms with E-state index in [1.54, 1.807) is 23.6 Å². The number of hydrogen-bond donors (Lipinski definition) is 1. The molecule has 1 fully saturated rings. The summed E-state index contributed by atoms with van der Waals surface area (Å²) in [6, 6.07) is 5.22. The molecule has 1 aliphatic carbocycles. The number of rotatable bonds is 6. The molecule has 0 spiro atoms. The molecule has 5 nitrogen and oxygen atoms in total. The Hall–Kier alpha value is -1.63. The third-order valence-electron chi connectivity index (χ3n) is 3.66. The van der Waals surface area contributed by atoms with Gasteiger partial charge in [0.05, 0.1) is 17.1 Å². The van der Waals surface area contributed by atoms with E-state index in [0.717, 1.165) is 18.4 Å². The molecule has 0 radical (unpaired) electrons. The zero-order valence-corrected chi connectivity index (χ0v) is 14.9. The summed E-state index contributed by atoms with van der Waals surface area (Å²) >= 11 is 13.5. The van der Waals surface area contributed by atoms with Crippen molar-refractivity contribution in [3.63, 3.8) is 0 Å². The molecule has 2 aromatic rings. The lowest BCUT2D eigenvalue weighted by Gasteiger charge is -2.19. The van der Waals surface area contributed by atoms with Gasteiger partial charge in [0.2, 0.25) is 5.91 Å². The quantitative estimate of drug-likeness (QED) is 0.823. The van der Waals surface area contributed by atoms with E-state index in [0.29, 0.717) is 20.7 Å². The molecule has 0 unspecified atom stereocenters. The first-order valence-electron chi connectivity index (χ1n) is 7.35. The molecule has 1 heterocycles. The number of carboxylic acid groups (broad SMARTS) is 1. The smallest absolute Gasteiger partial charge is 0.323 e. The Morgan fingerprint density at radius 3 is 2.71 bits per heavy atom. The number of amides is 1. The highest BCUT2D eigenvalue weighted by Crippen LogP contribution is 2.33. The summed E-state index contributed by atoms with van der Waals surface area (Å²) in [5.41, 5.74) is 1.37. The molecule has 1 aromatic heterocycles. The normalized spacial score (nSPS) is 13.8. The number of nitrogens with zero attached hydrogens (tertiary/aromatic N) is 2. The van der Waals surface area contributed by atoms with Crippen LogP contribution in [0, 0.1) is 0 Å². The van der Waals surface area contributed by atoms with Crippen LogP contribution in [-0.4, -0.2) is 39.5 Å². The second-order valence-corrected chi connectivity index (χ2v) is 7.29. The molecule has 0 bridgehead atoms. The van der Waals surface area contributed by atoms with Gasteiger partial charge in [0.15, 0.2) is 0 Å². The number of thiazole rings is 1. The van der Waals surface area contributed by atoms with Gasteiger partial charge < -0.3 is 10.0 Å². The van der Waals surface area contributed by atoms with Crippen molar-refractivity contribution in [3.05, 3.63) is 39.3 Å². The fourth-order valence-corrected chi connectivity index (χ4v) is 3.80. The van der Waals surface area contributed by atoms with Crippen LogP contribution in [0.3, 0.4) is 0 Å². The molecule has 8 heteroatoms. The van der Waals surface area contributed by atoms with Crippen molar-refractivity contribution in [2.24, 2.45) is 0 Å². The molecule has 1 amide bonds. The van der Waals surface area contributed by atoms with Crippen molar-refractivity contribution in [1.29, 1.82) is 0 Å². The maximum atomic E-state index is 12.4. The van der Waals surface area contributed by atoms with E-state index in [4.69, 9.17) is 28.3 Å². The van der Waals surface area contributed by atoms with Gasteiger partial charge in [-0.05, 0) is 31.0 Å². The summed E-state index contributed by atoms with van der Waals surface area (Å²) in [7, 11) is 0. The number of benzene rings is 1. The molecule has 126 valence electrons. The SMILES string of the molecule is O=C(O)CN(C(=O)Cc1csc(-c2ccc(Cl)cc2Cl)n1)C1CC1. The first kappa shape index (κ1) is 17.2. The Balaban J connectivity index is 1.73. The minimum absolute atomic E-state index is 0.0532. The van der Waals surface area contributed by atoms with Gasteiger partial charge in [-0.3, -0.25) is 9.59 Å². The molecule has 24 heavy (non-hydrogen) atoms. The highest BCUT2D eigenvalue weighted by molar-refractivity contribution is 7.13. The number of carbonyl (C=O) groups excluding carboxylic acids is 1. The second kappa shape index (κ2) is 7.09. The third-order valence-corrected chi connectivity index (χ3v) is 5.13. The Labute approximate surface area is 152 Å². The minimum Gasteiger partial charge on any atom is -0.480 e. The number of halogens is 2. The summed E-state index contributed by atoms with van der Waals surface area (Å²) in [4.78, 5) is 29.2. The maximum absolute atomic E-state index is 12.4. The van der Waals surface area contributed by atoms with Crippen LogP contribution in [0.15, 0.2) is 23.6 Å². The monoisotopic (exact) mass is 384 g/mol. The van der Waals surface area contributed by atoms with Gasteiger partial charge in [0, 0.05) is 22.0 Å². The minimum atomic E-state index is -0.998. The first-order chi connectivity index (χ1) is 11.4. The zero-order chi connectivity index (χ0) is 17.3. The summed E-state index contributed by atoms with van der Waals surface area (Å²) in [5.74, 6) is -1.21. The highest BCUT2D eigenvalue weighted by Gasteiger charge is 2.33. The second-order valence-electron chi connectivity index (χ2n) is 5.59. The van der Waals surface area contributed by atoms with E-state index in [9.17, 15) is 9.59 Å². The van der Waals surface area contributed by atoms with E-state index in [1.807, 2.05) is 0 Å². The number of hydrogen-bond acceptors (Lipinski definition) is 4. The molecular weight excluding hydrogens is 371 g/mol. The van der Waals surface area contributed by atoms with Crippen molar-refractivity contribution in [2.45, 2.75) is 25.3 Å². The lowest BCUT2D eigenvalue weighted by Crippen LogP contribution is -2.38. The average Bonchev–Trinajstić information content (AvgIpc) is 3.25. The fourth-order valence-electron chi connectivity index (χ4n) is 2.38. The maximum Gasteiger partial charge on any atom is 0.323 e. The molecule has 0 atom stereocenters. The van der Waals surface area contributed by atoms with Crippen LogP contribution in [0.5, 0.6) is 0 Å². The Kier molecular flexibility index (Phi) is 5.08. The summed E-state index contributed by atoms with van der Waals surface area (Å²) in [6.07, 6.45) is 1.81. The molecule has 1 aromatic carbocycles. The molecule has 0 aliphatic heterocycles. The van der Waals surface area contributed by atoms with Crippen LogP contribution in [0.25, 0.3) is 10.6 Å². The van der Waals surface area contributed by atoms with Crippen molar-refractivity contribution in [3.8, 4) is 10.6 Å². The first-order valence-corrected chi connectivity index (χ1v) is 8.98. The number of carboxylic acids is 1. The predicted octanol–water partition coefficient (Wildman–Crippen LogP) is 3.74. The molecule has 0 saturated heterocycles. The van der Waals surface area contributed by atoms with Crippen LogP contribution in [0.4, 0.5) is 0 Å². The van der Waals surface area contributed by atoms with E-state index in [1.165, 1.54) is 16.2 Å². The largest absolute Gasteiger partial charge is 0.480 e. The summed E-state index contributed by atoms with van der Waals surface area (Å²) in [5, 5.41) is 12.5. The molecule has 3 rings (SSSR count). The Morgan fingerprint density at radius 2 is 2.08 bits per heavy atom. The zero-order valence-electron chi connectivity index (χ0n) is 12.5. The van der Waals surface area contributed by atoms with Crippen LogP contribution < -0.4 is 0 Å². The van der Waals surface area contributed by atoms with Crippen molar-refractivity contribution >= 4 is 46.4 Å². The van der Waals surface area contributed by atoms with Crippen LogP contribution in [0.2, 0.25) is 10.0 Å². The standard InChI is InChI=1S/C16H14Cl2N2O3S/c17-9-1-4-12(13(18)5-9)16-19-10(8-24-16)6-14(21)20(7-15(22)23)11-2-3-11/h1,4-5,8,11H,2-3,6-7H2,(H,22,23). The van der Waals surface area contributed by atoms with Gasteiger partial charge in [0.1, 0.15) is 11.6 Å². The average molecular weight is 385 g/mol. The third kappa shape index (κ3) is 4.06. The van der Waals surface area contributed by atoms with E-state index < -0.39 is 5.97 Å². The molecule has 1 aliphatic rings. The fraction of sp³-hybridized carbons (Fsp3) is 0.312. The molecular formula is C16H14Cl2N2O3S. The van der Waals surface area contributed by atoms with Crippen molar-refractivity contribution < 1.29 is 14.7 Å². The van der Waals surface area contributed by atoms with Crippen LogP contribution >= 0.6 is 34.5 Å². The van der Waals surface area contributed by atoms with E-state index >= 15 is 0 Å². The molecule has 1 saturated carbocycles. The van der Waals surface area contributed by atoms with Crippen LogP contribution in [-0.2, 0) is 16.0 Å². The number of aromatic nitrogens is 1. The van der Waals surface area contributed by atoms with Gasteiger partial charge in [-0.15, -0.1) is 11.3 Å². The highest BCUT2D eigenvalue weighted by atomic mass is 35.5. The summed E-state index contributed by atoms with van der Waals surface area (Å²) < 4.78 is 0. The lowest BCUT2D eigenvalue weighted by molar-refractivity contribution is -0.144. The number of carbonyl (C=O) groups is 2. The Bertz CT molecular complexity index is 789. The van der Waals surface area contributed by atoms with Crippen molar-refractivity contribution in [1.82, 2.24) is 9.88 Å². The van der Waals surface area contributed by atoms with E-state index in [2.05, 4.69) is 4.98 Å². The summed E-state index contributed by atoms with van der Waals surface area (Å²) in [6.45, 7) is -0.260. The van der Waals surface area contributed by atoms with Gasteiger partial charge in [-0.2, -0.15) is 0 Å². The van der Waals surface area contributed by atoms with Gasteiger partial charge in [-0.1, -0.05) is 23.2 Å². The lowest BCUT2D eigenvalue weighted by atomic mass is 10.2. The van der Waals surface area contributed by atoms with Crippen LogP contribution in [0.1, 0.15) is 18.5 Å². The van der Waals surface area contributed by atoms with Gasteiger partial charge in [-0.25, -0.2) is 4.98 Å². The van der Waals surface area contributed by atoms with Gasteiger partial charge in [0.25, 0.3) is 0 Å². The Morgan fingerprint density at radius 1 is 1.33 bits per heavy atom. The van der Waals surface area contributed by atoms with Crippen molar-refractivity contribution in [2.75, 3.05) is 6.54 Å². The molecule has 1 N–H and O–H groups in total. The van der Waals surface area contributed by atoms with E-state index in [-0.39, 0.29) is 24.9 Å².